The quantitative estimate of drug-likeness (QED) is 0.0686. The number of benzene rings is 1. The fourth-order valence-corrected chi connectivity index (χ4v) is 4.16. The smallest absolute Gasteiger partial charge is 0.338 e. The SMILES string of the molecule is CCCCCCCCCCCCO.CCCCCCCCCCCCOC(=O)c1cc(O)c(O)c(O)c1. The lowest BCUT2D eigenvalue weighted by atomic mass is 10.1. The number of hydrogen-bond acceptors (Lipinski definition) is 6. The fourth-order valence-electron chi connectivity index (χ4n) is 4.16. The first-order valence-electron chi connectivity index (χ1n) is 15.0. The minimum Gasteiger partial charge on any atom is -0.504 e. The van der Waals surface area contributed by atoms with E-state index in [0.717, 1.165) is 37.8 Å². The van der Waals surface area contributed by atoms with Crippen LogP contribution in [-0.2, 0) is 4.74 Å². The van der Waals surface area contributed by atoms with Gasteiger partial charge >= 0.3 is 5.97 Å². The van der Waals surface area contributed by atoms with E-state index in [0.29, 0.717) is 13.2 Å². The van der Waals surface area contributed by atoms with E-state index in [1.54, 1.807) is 0 Å². The zero-order valence-corrected chi connectivity index (χ0v) is 23.8. The molecular formula is C31H56O6. The molecule has 0 aliphatic heterocycles. The van der Waals surface area contributed by atoms with E-state index in [9.17, 15) is 20.1 Å². The molecule has 0 saturated carbocycles. The molecule has 37 heavy (non-hydrogen) atoms. The molecule has 0 amide bonds. The van der Waals surface area contributed by atoms with Crippen LogP contribution in [0.4, 0.5) is 0 Å². The third kappa shape index (κ3) is 20.8. The average Bonchev–Trinajstić information content (AvgIpc) is 2.89. The van der Waals surface area contributed by atoms with Crippen LogP contribution in [-0.4, -0.2) is 39.6 Å². The van der Waals surface area contributed by atoms with Gasteiger partial charge in [0.2, 0.25) is 0 Å². The second-order valence-corrected chi connectivity index (χ2v) is 10.1. The minimum atomic E-state index is -0.638. The van der Waals surface area contributed by atoms with Crippen LogP contribution < -0.4 is 0 Å². The topological polar surface area (TPSA) is 107 Å². The standard InChI is InChI=1S/C19H30O5.C12H26O/c1-2-3-4-5-6-7-8-9-10-11-12-24-19(23)15-13-16(20)18(22)17(21)14-15;1-2-3-4-5-6-7-8-9-10-11-12-13/h13-14,20-22H,2-12H2,1H3;13H,2-12H2,1H3. The largest absolute Gasteiger partial charge is 0.504 e. The van der Waals surface area contributed by atoms with Crippen molar-refractivity contribution in [1.82, 2.24) is 0 Å². The molecule has 6 nitrogen and oxygen atoms in total. The molecular weight excluding hydrogens is 468 g/mol. The Hall–Kier alpha value is -1.95. The van der Waals surface area contributed by atoms with Gasteiger partial charge in [0.15, 0.2) is 17.2 Å². The molecule has 1 aromatic rings. The summed E-state index contributed by atoms with van der Waals surface area (Å²) in [6.07, 6.45) is 25.4. The maximum Gasteiger partial charge on any atom is 0.338 e. The lowest BCUT2D eigenvalue weighted by Gasteiger charge is -2.07. The third-order valence-electron chi connectivity index (χ3n) is 6.55. The summed E-state index contributed by atoms with van der Waals surface area (Å²) in [6, 6.07) is 2.16. The maximum absolute atomic E-state index is 11.8. The molecule has 1 aromatic carbocycles. The van der Waals surface area contributed by atoms with E-state index in [1.165, 1.54) is 103 Å². The molecule has 6 heteroatoms. The van der Waals surface area contributed by atoms with Gasteiger partial charge in [-0.2, -0.15) is 0 Å². The van der Waals surface area contributed by atoms with Crippen molar-refractivity contribution in [3.05, 3.63) is 17.7 Å². The van der Waals surface area contributed by atoms with Crippen LogP contribution in [0.1, 0.15) is 153 Å². The number of aliphatic hydroxyl groups excluding tert-OH is 1. The summed E-state index contributed by atoms with van der Waals surface area (Å²) in [7, 11) is 0. The van der Waals surface area contributed by atoms with Crippen molar-refractivity contribution in [2.24, 2.45) is 0 Å². The highest BCUT2D eigenvalue weighted by molar-refractivity contribution is 5.91. The highest BCUT2D eigenvalue weighted by Crippen LogP contribution is 2.35. The Morgan fingerprint density at radius 2 is 0.946 bits per heavy atom. The van der Waals surface area contributed by atoms with Gasteiger partial charge in [0.25, 0.3) is 0 Å². The summed E-state index contributed by atoms with van der Waals surface area (Å²) in [5, 5.41) is 36.5. The molecule has 0 aliphatic rings. The summed E-state index contributed by atoms with van der Waals surface area (Å²) >= 11 is 0. The normalized spacial score (nSPS) is 10.7. The number of aliphatic hydroxyl groups is 1. The van der Waals surface area contributed by atoms with Crippen molar-refractivity contribution >= 4 is 5.97 Å². The van der Waals surface area contributed by atoms with E-state index < -0.39 is 23.2 Å². The average molecular weight is 525 g/mol. The number of phenolic OH excluding ortho intramolecular Hbond substituents is 3. The molecule has 0 heterocycles. The lowest BCUT2D eigenvalue weighted by molar-refractivity contribution is 0.0496. The van der Waals surface area contributed by atoms with E-state index in [1.807, 2.05) is 0 Å². The van der Waals surface area contributed by atoms with Gasteiger partial charge in [-0.15, -0.1) is 0 Å². The first kappa shape index (κ1) is 35.0. The Morgan fingerprint density at radius 3 is 1.32 bits per heavy atom. The monoisotopic (exact) mass is 524 g/mol. The molecule has 0 unspecified atom stereocenters. The Bertz CT molecular complexity index is 628. The molecule has 1 rings (SSSR count). The third-order valence-corrected chi connectivity index (χ3v) is 6.55. The summed E-state index contributed by atoms with van der Waals surface area (Å²) in [4.78, 5) is 11.8. The zero-order valence-electron chi connectivity index (χ0n) is 23.8. The van der Waals surface area contributed by atoms with Crippen LogP contribution in [0, 0.1) is 0 Å². The van der Waals surface area contributed by atoms with Gasteiger partial charge in [0.1, 0.15) is 0 Å². The number of unbranched alkanes of at least 4 members (excludes halogenated alkanes) is 18. The van der Waals surface area contributed by atoms with E-state index >= 15 is 0 Å². The maximum atomic E-state index is 11.8. The molecule has 4 N–H and O–H groups in total. The number of ether oxygens (including phenoxy) is 1. The van der Waals surface area contributed by atoms with Gasteiger partial charge in [0, 0.05) is 6.61 Å². The highest BCUT2D eigenvalue weighted by Gasteiger charge is 2.14. The molecule has 0 aromatic heterocycles. The number of carbonyl (C=O) groups is 1. The van der Waals surface area contributed by atoms with E-state index in [-0.39, 0.29) is 5.56 Å². The first-order valence-corrected chi connectivity index (χ1v) is 15.0. The van der Waals surface area contributed by atoms with Crippen molar-refractivity contribution in [1.29, 1.82) is 0 Å². The van der Waals surface area contributed by atoms with Crippen LogP contribution in [0.15, 0.2) is 12.1 Å². The van der Waals surface area contributed by atoms with Gasteiger partial charge in [-0.05, 0) is 25.0 Å². The molecule has 0 saturated heterocycles. The number of carbonyl (C=O) groups excluding carboxylic acids is 1. The van der Waals surface area contributed by atoms with Crippen LogP contribution in [0.3, 0.4) is 0 Å². The Morgan fingerprint density at radius 1 is 0.595 bits per heavy atom. The number of hydrogen-bond donors (Lipinski definition) is 4. The molecule has 216 valence electrons. The summed E-state index contributed by atoms with van der Waals surface area (Å²) in [5.74, 6) is -2.33. The van der Waals surface area contributed by atoms with Crippen molar-refractivity contribution in [2.45, 2.75) is 142 Å². The fraction of sp³-hybridized carbons (Fsp3) is 0.774. The Labute approximate surface area is 226 Å². The zero-order chi connectivity index (χ0) is 27.6. The second-order valence-electron chi connectivity index (χ2n) is 10.1. The number of rotatable bonds is 22. The van der Waals surface area contributed by atoms with E-state index in [2.05, 4.69) is 13.8 Å². The van der Waals surface area contributed by atoms with Crippen molar-refractivity contribution in [2.75, 3.05) is 13.2 Å². The second kappa shape index (κ2) is 25.7. The van der Waals surface area contributed by atoms with Gasteiger partial charge < -0.3 is 25.2 Å². The molecule has 0 bridgehead atoms. The van der Waals surface area contributed by atoms with E-state index in [4.69, 9.17) is 9.84 Å². The van der Waals surface area contributed by atoms with Gasteiger partial charge in [-0.1, -0.05) is 129 Å². The number of esters is 1. The highest BCUT2D eigenvalue weighted by atomic mass is 16.5. The lowest BCUT2D eigenvalue weighted by Crippen LogP contribution is -2.06. The molecule has 0 atom stereocenters. The van der Waals surface area contributed by atoms with Gasteiger partial charge in [-0.25, -0.2) is 4.79 Å². The molecule has 0 aliphatic carbocycles. The molecule has 0 radical (unpaired) electrons. The minimum absolute atomic E-state index is 0.0230. The van der Waals surface area contributed by atoms with Crippen LogP contribution >= 0.6 is 0 Å². The first-order chi connectivity index (χ1) is 18.0. The Kier molecular flexibility index (Phi) is 24.3. The van der Waals surface area contributed by atoms with Crippen molar-refractivity contribution < 1.29 is 30.0 Å². The van der Waals surface area contributed by atoms with Crippen LogP contribution in [0.5, 0.6) is 17.2 Å². The van der Waals surface area contributed by atoms with Gasteiger partial charge in [-0.3, -0.25) is 0 Å². The summed E-state index contributed by atoms with van der Waals surface area (Å²) in [5.41, 5.74) is 0.0230. The summed E-state index contributed by atoms with van der Waals surface area (Å²) < 4.78 is 5.11. The predicted molar refractivity (Wildman–Crippen MR) is 152 cm³/mol. The van der Waals surface area contributed by atoms with Crippen LogP contribution in [0.2, 0.25) is 0 Å². The predicted octanol–water partition coefficient (Wildman–Crippen LogP) is 8.78. The number of aromatic hydroxyl groups is 3. The van der Waals surface area contributed by atoms with Crippen molar-refractivity contribution in [3.8, 4) is 17.2 Å². The van der Waals surface area contributed by atoms with Gasteiger partial charge in [0.05, 0.1) is 12.2 Å². The van der Waals surface area contributed by atoms with Crippen molar-refractivity contribution in [3.63, 3.8) is 0 Å². The Balaban J connectivity index is 0.000000845. The number of phenols is 3. The molecule has 0 fully saturated rings. The van der Waals surface area contributed by atoms with Crippen LogP contribution in [0.25, 0.3) is 0 Å². The summed E-state index contributed by atoms with van der Waals surface area (Å²) in [6.45, 7) is 5.17. The molecule has 0 spiro atoms.